The molecule has 2 N–H and O–H groups in total. The van der Waals surface area contributed by atoms with Gasteiger partial charge in [0.2, 0.25) is 0 Å². The summed E-state index contributed by atoms with van der Waals surface area (Å²) in [6.45, 7) is 0. The second-order valence-electron chi connectivity index (χ2n) is 2.87. The highest BCUT2D eigenvalue weighted by Crippen LogP contribution is 2.33. The fourth-order valence-electron chi connectivity index (χ4n) is 1.23. The molecule has 0 aliphatic carbocycles. The summed E-state index contributed by atoms with van der Waals surface area (Å²) in [4.78, 5) is 3.33. The summed E-state index contributed by atoms with van der Waals surface area (Å²) >= 11 is 0. The van der Waals surface area contributed by atoms with Gasteiger partial charge < -0.3 is 5.84 Å². The molecule has 15 heavy (non-hydrogen) atoms. The number of benzene rings is 1. The molecule has 7 heteroatoms. The molecule has 0 aliphatic rings. The van der Waals surface area contributed by atoms with Crippen LogP contribution in [0.25, 0.3) is 11.0 Å². The number of nitrogens with two attached hydrogens (primary N) is 1. The van der Waals surface area contributed by atoms with Crippen LogP contribution >= 0.6 is 0 Å². The first-order valence-electron chi connectivity index (χ1n) is 3.82. The van der Waals surface area contributed by atoms with Crippen molar-refractivity contribution in [2.75, 3.05) is 5.84 Å². The van der Waals surface area contributed by atoms with Gasteiger partial charge in [0.05, 0.1) is 11.1 Å². The Bertz CT molecular complexity index is 514. The predicted octanol–water partition coefficient (Wildman–Crippen LogP) is 1.71. The van der Waals surface area contributed by atoms with E-state index in [1.165, 1.54) is 0 Å². The molecule has 3 nitrogen and oxygen atoms in total. The van der Waals surface area contributed by atoms with Gasteiger partial charge in [0.1, 0.15) is 5.52 Å². The van der Waals surface area contributed by atoms with Gasteiger partial charge in [0.15, 0.2) is 12.1 Å². The van der Waals surface area contributed by atoms with Crippen molar-refractivity contribution in [2.45, 2.75) is 6.18 Å². The Morgan fingerprint density at radius 1 is 1.33 bits per heavy atom. The lowest BCUT2D eigenvalue weighted by atomic mass is 10.2. The van der Waals surface area contributed by atoms with Gasteiger partial charge >= 0.3 is 6.18 Å². The van der Waals surface area contributed by atoms with Crippen LogP contribution in [0.4, 0.5) is 17.6 Å². The van der Waals surface area contributed by atoms with E-state index in [2.05, 4.69) is 11.3 Å². The van der Waals surface area contributed by atoms with Crippen molar-refractivity contribution in [2.24, 2.45) is 0 Å². The number of nitrogens with zero attached hydrogens (tertiary/aromatic N) is 2. The first-order valence-corrected chi connectivity index (χ1v) is 3.82. The van der Waals surface area contributed by atoms with Crippen LogP contribution in [0.2, 0.25) is 0 Å². The number of rotatable bonds is 0. The number of imidazole rings is 1. The van der Waals surface area contributed by atoms with Crippen molar-refractivity contribution >= 4 is 11.0 Å². The van der Waals surface area contributed by atoms with Crippen molar-refractivity contribution in [3.63, 3.8) is 0 Å². The van der Waals surface area contributed by atoms with Gasteiger partial charge in [0, 0.05) is 0 Å². The second-order valence-corrected chi connectivity index (χ2v) is 2.87. The number of fused-ring (bicyclic) bond motifs is 1. The molecular weight excluding hydrogens is 214 g/mol. The number of hydrogen-bond donors (Lipinski definition) is 1. The zero-order chi connectivity index (χ0) is 11.2. The number of hydrogen-bond acceptors (Lipinski definition) is 2. The zero-order valence-electron chi connectivity index (χ0n) is 7.14. The molecule has 1 radical (unpaired) electrons. The molecule has 79 valence electrons. The van der Waals surface area contributed by atoms with Gasteiger partial charge in [-0.05, 0) is 12.1 Å². The van der Waals surface area contributed by atoms with Gasteiger partial charge in [-0.1, -0.05) is 0 Å². The topological polar surface area (TPSA) is 43.8 Å². The molecule has 0 aliphatic heterocycles. The summed E-state index contributed by atoms with van der Waals surface area (Å²) in [7, 11) is 0. The monoisotopic (exact) mass is 218 g/mol. The fraction of sp³-hybridized carbons (Fsp3) is 0.125. The van der Waals surface area contributed by atoms with E-state index in [1.54, 1.807) is 0 Å². The standard InChI is InChI=1S/C8H4F4N3/c9-6-4(8(10,11)12)1-2-5-7(6)14-3-15(5)13/h1-2H,13H2. The Labute approximate surface area is 81.1 Å². The SMILES string of the molecule is Nn1[c]nc2c(F)c(C(F)(F)F)ccc21. The summed E-state index contributed by atoms with van der Waals surface area (Å²) < 4.78 is 50.9. The molecule has 2 rings (SSSR count). The highest BCUT2D eigenvalue weighted by Gasteiger charge is 2.35. The Morgan fingerprint density at radius 2 is 2.00 bits per heavy atom. The van der Waals surface area contributed by atoms with Crippen molar-refractivity contribution in [3.8, 4) is 0 Å². The molecule has 1 aromatic carbocycles. The number of nitrogen functional groups attached to an aromatic ring is 1. The smallest absolute Gasteiger partial charge is 0.337 e. The lowest BCUT2D eigenvalue weighted by Gasteiger charge is -2.07. The summed E-state index contributed by atoms with van der Waals surface area (Å²) in [5, 5.41) is 0. The Hall–Kier alpha value is -1.79. The van der Waals surface area contributed by atoms with E-state index in [0.717, 1.165) is 10.7 Å². The summed E-state index contributed by atoms with van der Waals surface area (Å²) in [5.74, 6) is 3.82. The van der Waals surface area contributed by atoms with E-state index in [0.29, 0.717) is 6.07 Å². The van der Waals surface area contributed by atoms with Crippen LogP contribution in [-0.4, -0.2) is 9.66 Å². The molecule has 0 spiro atoms. The van der Waals surface area contributed by atoms with E-state index in [9.17, 15) is 17.6 Å². The summed E-state index contributed by atoms with van der Waals surface area (Å²) in [6.07, 6.45) is -2.61. The van der Waals surface area contributed by atoms with E-state index in [4.69, 9.17) is 5.84 Å². The first-order chi connectivity index (χ1) is 6.91. The van der Waals surface area contributed by atoms with Gasteiger partial charge in [0.25, 0.3) is 0 Å². The summed E-state index contributed by atoms with van der Waals surface area (Å²) in [6, 6.07) is 1.67. The van der Waals surface area contributed by atoms with Crippen LogP contribution in [-0.2, 0) is 6.18 Å². The highest BCUT2D eigenvalue weighted by atomic mass is 19.4. The van der Waals surface area contributed by atoms with Crippen molar-refractivity contribution < 1.29 is 17.6 Å². The zero-order valence-corrected chi connectivity index (χ0v) is 7.14. The number of alkyl halides is 3. The lowest BCUT2D eigenvalue weighted by molar-refractivity contribution is -0.139. The van der Waals surface area contributed by atoms with Crippen LogP contribution in [0.1, 0.15) is 5.56 Å². The summed E-state index contributed by atoms with van der Waals surface area (Å²) in [5.41, 5.74) is -1.74. The lowest BCUT2D eigenvalue weighted by Crippen LogP contribution is -2.09. The molecule has 0 saturated carbocycles. The quantitative estimate of drug-likeness (QED) is 0.540. The molecule has 0 atom stereocenters. The Kier molecular flexibility index (Phi) is 1.85. The van der Waals surface area contributed by atoms with Crippen molar-refractivity contribution in [3.05, 3.63) is 29.8 Å². The van der Waals surface area contributed by atoms with Crippen molar-refractivity contribution in [1.29, 1.82) is 0 Å². The maximum atomic E-state index is 13.3. The molecule has 0 bridgehead atoms. The molecule has 1 aromatic heterocycles. The van der Waals surface area contributed by atoms with Gasteiger partial charge in [-0.3, -0.25) is 0 Å². The van der Waals surface area contributed by atoms with Gasteiger partial charge in [-0.2, -0.15) is 13.2 Å². The fourth-order valence-corrected chi connectivity index (χ4v) is 1.23. The van der Waals surface area contributed by atoms with E-state index < -0.39 is 23.1 Å². The van der Waals surface area contributed by atoms with Crippen LogP contribution in [0.5, 0.6) is 0 Å². The molecule has 2 aromatic rings. The van der Waals surface area contributed by atoms with Crippen LogP contribution < -0.4 is 5.84 Å². The minimum atomic E-state index is -4.74. The van der Waals surface area contributed by atoms with Crippen LogP contribution in [0, 0.1) is 12.1 Å². The van der Waals surface area contributed by atoms with E-state index >= 15 is 0 Å². The molecule has 0 amide bonds. The average molecular weight is 218 g/mol. The largest absolute Gasteiger partial charge is 0.419 e. The minimum absolute atomic E-state index is 0.0560. The van der Waals surface area contributed by atoms with Crippen LogP contribution in [0.3, 0.4) is 0 Å². The van der Waals surface area contributed by atoms with Crippen molar-refractivity contribution in [1.82, 2.24) is 9.66 Å². The molecular formula is C8H4F4N3. The third kappa shape index (κ3) is 1.39. The highest BCUT2D eigenvalue weighted by molar-refractivity contribution is 5.77. The third-order valence-corrected chi connectivity index (χ3v) is 1.93. The second kappa shape index (κ2) is 2.85. The van der Waals surface area contributed by atoms with E-state index in [1.807, 2.05) is 0 Å². The Morgan fingerprint density at radius 3 is 2.60 bits per heavy atom. The Balaban J connectivity index is 2.77. The molecule has 0 unspecified atom stereocenters. The molecule has 0 fully saturated rings. The van der Waals surface area contributed by atoms with E-state index in [-0.39, 0.29) is 5.52 Å². The molecule has 1 heterocycles. The normalized spacial score (nSPS) is 12.3. The maximum Gasteiger partial charge on any atom is 0.419 e. The number of halogens is 4. The minimum Gasteiger partial charge on any atom is -0.337 e. The van der Waals surface area contributed by atoms with Crippen LogP contribution in [0.15, 0.2) is 12.1 Å². The van der Waals surface area contributed by atoms with Gasteiger partial charge in [-0.15, -0.1) is 0 Å². The third-order valence-electron chi connectivity index (χ3n) is 1.93. The average Bonchev–Trinajstić information content (AvgIpc) is 2.47. The number of aromatic nitrogens is 2. The first kappa shape index (κ1) is 9.75. The predicted molar refractivity (Wildman–Crippen MR) is 43.7 cm³/mol. The maximum absolute atomic E-state index is 13.3. The van der Waals surface area contributed by atoms with Gasteiger partial charge in [-0.25, -0.2) is 14.1 Å². The molecule has 0 saturated heterocycles.